The molecule has 74 valence electrons. The lowest BCUT2D eigenvalue weighted by atomic mass is 9.91. The van der Waals surface area contributed by atoms with Crippen LogP contribution in [0.5, 0.6) is 0 Å². The van der Waals surface area contributed by atoms with E-state index in [0.29, 0.717) is 5.92 Å². The smallest absolute Gasteiger partial charge is 0.150 e. The van der Waals surface area contributed by atoms with Crippen molar-refractivity contribution in [3.05, 3.63) is 35.4 Å². The molecule has 1 aliphatic heterocycles. The van der Waals surface area contributed by atoms with E-state index in [9.17, 15) is 4.79 Å². The zero-order valence-electron chi connectivity index (χ0n) is 8.20. The van der Waals surface area contributed by atoms with Crippen LogP contribution in [0.4, 0.5) is 0 Å². The third-order valence-electron chi connectivity index (χ3n) is 2.84. The SMILES string of the molecule is O=Cc1ccc([C@H]2CCCNC2)cc1. The van der Waals surface area contributed by atoms with Crippen molar-refractivity contribution in [3.8, 4) is 0 Å². The predicted molar refractivity (Wildman–Crippen MR) is 56.7 cm³/mol. The van der Waals surface area contributed by atoms with Crippen molar-refractivity contribution in [2.75, 3.05) is 13.1 Å². The lowest BCUT2D eigenvalue weighted by molar-refractivity contribution is 0.112. The van der Waals surface area contributed by atoms with Crippen LogP contribution in [0.25, 0.3) is 0 Å². The summed E-state index contributed by atoms with van der Waals surface area (Å²) in [4.78, 5) is 10.5. The summed E-state index contributed by atoms with van der Waals surface area (Å²) in [7, 11) is 0. The maximum Gasteiger partial charge on any atom is 0.150 e. The minimum atomic E-state index is 0.629. The normalized spacial score (nSPS) is 21.9. The Kier molecular flexibility index (Phi) is 2.94. The molecule has 0 radical (unpaired) electrons. The minimum Gasteiger partial charge on any atom is -0.316 e. The van der Waals surface area contributed by atoms with Crippen LogP contribution in [-0.2, 0) is 0 Å². The highest BCUT2D eigenvalue weighted by atomic mass is 16.1. The van der Waals surface area contributed by atoms with Crippen molar-refractivity contribution >= 4 is 6.29 Å². The molecule has 1 atom stereocenters. The van der Waals surface area contributed by atoms with Gasteiger partial charge in [-0.05, 0) is 30.9 Å². The van der Waals surface area contributed by atoms with Gasteiger partial charge in [0.05, 0.1) is 0 Å². The van der Waals surface area contributed by atoms with Crippen LogP contribution in [0.2, 0.25) is 0 Å². The highest BCUT2D eigenvalue weighted by Crippen LogP contribution is 2.22. The monoisotopic (exact) mass is 189 g/mol. The molecule has 0 unspecified atom stereocenters. The Morgan fingerprint density at radius 2 is 2.07 bits per heavy atom. The quantitative estimate of drug-likeness (QED) is 0.721. The number of carbonyl (C=O) groups is 1. The maximum absolute atomic E-state index is 10.5. The van der Waals surface area contributed by atoms with Crippen molar-refractivity contribution in [2.24, 2.45) is 0 Å². The molecule has 1 saturated heterocycles. The van der Waals surface area contributed by atoms with E-state index < -0.39 is 0 Å². The van der Waals surface area contributed by atoms with E-state index in [1.807, 2.05) is 12.1 Å². The number of benzene rings is 1. The topological polar surface area (TPSA) is 29.1 Å². The second kappa shape index (κ2) is 4.38. The average molecular weight is 189 g/mol. The Balaban J connectivity index is 2.11. The van der Waals surface area contributed by atoms with Crippen molar-refractivity contribution in [1.29, 1.82) is 0 Å². The molecule has 1 aliphatic rings. The molecule has 0 aromatic heterocycles. The van der Waals surface area contributed by atoms with E-state index in [-0.39, 0.29) is 0 Å². The van der Waals surface area contributed by atoms with Gasteiger partial charge in [0, 0.05) is 12.1 Å². The van der Waals surface area contributed by atoms with Gasteiger partial charge in [-0.2, -0.15) is 0 Å². The molecule has 14 heavy (non-hydrogen) atoms. The first-order valence-electron chi connectivity index (χ1n) is 5.16. The molecule has 1 aromatic carbocycles. The van der Waals surface area contributed by atoms with E-state index >= 15 is 0 Å². The first kappa shape index (κ1) is 9.41. The molecule has 0 aliphatic carbocycles. The second-order valence-corrected chi connectivity index (χ2v) is 3.83. The van der Waals surface area contributed by atoms with Gasteiger partial charge in [0.2, 0.25) is 0 Å². The van der Waals surface area contributed by atoms with Gasteiger partial charge in [0.15, 0.2) is 0 Å². The number of rotatable bonds is 2. The van der Waals surface area contributed by atoms with Gasteiger partial charge in [0.25, 0.3) is 0 Å². The summed E-state index contributed by atoms with van der Waals surface area (Å²) >= 11 is 0. The molecule has 2 heteroatoms. The van der Waals surface area contributed by atoms with Crippen molar-refractivity contribution in [3.63, 3.8) is 0 Å². The highest BCUT2D eigenvalue weighted by molar-refractivity contribution is 5.74. The van der Waals surface area contributed by atoms with E-state index in [4.69, 9.17) is 0 Å². The zero-order valence-corrected chi connectivity index (χ0v) is 8.20. The van der Waals surface area contributed by atoms with Crippen LogP contribution in [-0.4, -0.2) is 19.4 Å². The van der Waals surface area contributed by atoms with Gasteiger partial charge >= 0.3 is 0 Å². The number of nitrogens with one attached hydrogen (secondary N) is 1. The summed E-state index contributed by atoms with van der Waals surface area (Å²) in [6.07, 6.45) is 3.40. The molecule has 1 aromatic rings. The van der Waals surface area contributed by atoms with Crippen LogP contribution in [0.3, 0.4) is 0 Å². The highest BCUT2D eigenvalue weighted by Gasteiger charge is 2.14. The summed E-state index contributed by atoms with van der Waals surface area (Å²) in [6, 6.07) is 7.94. The fraction of sp³-hybridized carbons (Fsp3) is 0.417. The van der Waals surface area contributed by atoms with E-state index in [0.717, 1.165) is 24.9 Å². The fourth-order valence-corrected chi connectivity index (χ4v) is 1.98. The number of carbonyl (C=O) groups excluding carboxylic acids is 1. The number of hydrogen-bond acceptors (Lipinski definition) is 2. The Morgan fingerprint density at radius 3 is 2.64 bits per heavy atom. The van der Waals surface area contributed by atoms with Crippen LogP contribution in [0.15, 0.2) is 24.3 Å². The molecule has 1 heterocycles. The molecule has 2 nitrogen and oxygen atoms in total. The van der Waals surface area contributed by atoms with Crippen LogP contribution < -0.4 is 5.32 Å². The molecular formula is C12H15NO. The molecule has 2 rings (SSSR count). The Hall–Kier alpha value is -1.15. The lowest BCUT2D eigenvalue weighted by Crippen LogP contribution is -2.28. The molecule has 0 spiro atoms. The fourth-order valence-electron chi connectivity index (χ4n) is 1.98. The lowest BCUT2D eigenvalue weighted by Gasteiger charge is -2.23. The molecular weight excluding hydrogens is 174 g/mol. The van der Waals surface area contributed by atoms with E-state index in [1.165, 1.54) is 18.4 Å². The summed E-state index contributed by atoms with van der Waals surface area (Å²) < 4.78 is 0. The molecule has 0 bridgehead atoms. The third kappa shape index (κ3) is 2.02. The van der Waals surface area contributed by atoms with Gasteiger partial charge in [0.1, 0.15) is 6.29 Å². The standard InChI is InChI=1S/C12H15NO/c14-9-10-3-5-11(6-4-10)12-2-1-7-13-8-12/h3-6,9,12-13H,1-2,7-8H2/t12-/m0/s1. The molecule has 0 saturated carbocycles. The number of hydrogen-bond donors (Lipinski definition) is 1. The first-order valence-corrected chi connectivity index (χ1v) is 5.16. The number of aldehydes is 1. The van der Waals surface area contributed by atoms with Gasteiger partial charge in [-0.15, -0.1) is 0 Å². The van der Waals surface area contributed by atoms with Crippen molar-refractivity contribution < 1.29 is 4.79 Å². The first-order chi connectivity index (χ1) is 6.90. The van der Waals surface area contributed by atoms with Crippen LogP contribution >= 0.6 is 0 Å². The van der Waals surface area contributed by atoms with Gasteiger partial charge in [-0.3, -0.25) is 4.79 Å². The molecule has 1 fully saturated rings. The summed E-state index contributed by atoms with van der Waals surface area (Å²) in [6.45, 7) is 2.21. The van der Waals surface area contributed by atoms with Crippen LogP contribution in [0, 0.1) is 0 Å². The van der Waals surface area contributed by atoms with Gasteiger partial charge in [-0.25, -0.2) is 0 Å². The van der Waals surface area contributed by atoms with E-state index in [1.54, 1.807) is 0 Å². The molecule has 1 N–H and O–H groups in total. The minimum absolute atomic E-state index is 0.629. The van der Waals surface area contributed by atoms with Crippen molar-refractivity contribution in [1.82, 2.24) is 5.32 Å². The Labute approximate surface area is 84.3 Å². The summed E-state index contributed by atoms with van der Waals surface area (Å²) in [5.74, 6) is 0.629. The summed E-state index contributed by atoms with van der Waals surface area (Å²) in [5, 5.41) is 3.39. The third-order valence-corrected chi connectivity index (χ3v) is 2.84. The summed E-state index contributed by atoms with van der Waals surface area (Å²) in [5.41, 5.74) is 2.11. The second-order valence-electron chi connectivity index (χ2n) is 3.83. The molecule has 0 amide bonds. The maximum atomic E-state index is 10.5. The Bertz CT molecular complexity index is 299. The largest absolute Gasteiger partial charge is 0.316 e. The van der Waals surface area contributed by atoms with Crippen LogP contribution in [0.1, 0.15) is 34.7 Å². The predicted octanol–water partition coefficient (Wildman–Crippen LogP) is 1.97. The van der Waals surface area contributed by atoms with Crippen molar-refractivity contribution in [2.45, 2.75) is 18.8 Å². The van der Waals surface area contributed by atoms with Gasteiger partial charge < -0.3 is 5.32 Å². The Morgan fingerprint density at radius 1 is 1.29 bits per heavy atom. The number of piperidine rings is 1. The average Bonchev–Trinajstić information content (AvgIpc) is 2.30. The zero-order chi connectivity index (χ0) is 9.80. The van der Waals surface area contributed by atoms with Gasteiger partial charge in [-0.1, -0.05) is 24.3 Å². The van der Waals surface area contributed by atoms with E-state index in [2.05, 4.69) is 17.4 Å².